The number of hydrogen-bond donors (Lipinski definition) is 1. The summed E-state index contributed by atoms with van der Waals surface area (Å²) in [5, 5.41) is 0. The van der Waals surface area contributed by atoms with Gasteiger partial charge in [0.2, 0.25) is 0 Å². The zero-order chi connectivity index (χ0) is 15.8. The van der Waals surface area contributed by atoms with Gasteiger partial charge in [0.1, 0.15) is 0 Å². The molecule has 1 atom stereocenters. The second kappa shape index (κ2) is 6.96. The number of hydrogen-bond acceptors (Lipinski definition) is 2. The normalized spacial score (nSPS) is 18.6. The lowest BCUT2D eigenvalue weighted by Crippen LogP contribution is -2.36. The molecule has 0 aliphatic heterocycles. The largest absolute Gasteiger partial charge is 0.329 e. The summed E-state index contributed by atoms with van der Waals surface area (Å²) in [5.41, 5.74) is 10.2. The van der Waals surface area contributed by atoms with Crippen LogP contribution in [0.4, 0.5) is 0 Å². The molecule has 0 saturated heterocycles. The van der Waals surface area contributed by atoms with Crippen molar-refractivity contribution in [2.45, 2.75) is 44.3 Å². The molecule has 2 N–H and O–H groups in total. The van der Waals surface area contributed by atoms with Gasteiger partial charge >= 0.3 is 0 Å². The molecule has 1 saturated carbocycles. The van der Waals surface area contributed by atoms with E-state index in [-0.39, 0.29) is 24.4 Å². The number of aryl methyl sites for hydroxylation is 1. The van der Waals surface area contributed by atoms with E-state index in [4.69, 9.17) is 5.73 Å². The lowest BCUT2D eigenvalue weighted by atomic mass is 10.0. The Morgan fingerprint density at radius 3 is 2.42 bits per heavy atom. The highest BCUT2D eigenvalue weighted by molar-refractivity contribution is 5.95. The Morgan fingerprint density at radius 2 is 1.75 bits per heavy atom. The molecule has 0 aromatic heterocycles. The minimum absolute atomic E-state index is 0. The van der Waals surface area contributed by atoms with E-state index in [9.17, 15) is 4.79 Å². The van der Waals surface area contributed by atoms with Gasteiger partial charge in [-0.3, -0.25) is 4.79 Å². The van der Waals surface area contributed by atoms with Gasteiger partial charge in [-0.25, -0.2) is 0 Å². The molecule has 1 amide bonds. The molecule has 1 fully saturated rings. The predicted octanol–water partition coefficient (Wildman–Crippen LogP) is 3.86. The maximum absolute atomic E-state index is 13.1. The minimum Gasteiger partial charge on any atom is -0.329 e. The molecule has 2 aromatic carbocycles. The minimum atomic E-state index is 0. The quantitative estimate of drug-likeness (QED) is 0.917. The number of rotatable bonds is 4. The van der Waals surface area contributed by atoms with E-state index >= 15 is 0 Å². The van der Waals surface area contributed by atoms with Gasteiger partial charge in [-0.15, -0.1) is 12.4 Å². The van der Waals surface area contributed by atoms with Crippen LogP contribution in [0.15, 0.2) is 48.5 Å². The van der Waals surface area contributed by atoms with Crippen LogP contribution in [-0.4, -0.2) is 16.8 Å². The molecule has 2 aliphatic rings. The Hall–Kier alpha value is -1.84. The lowest BCUT2D eigenvalue weighted by molar-refractivity contribution is 0.0658. The second-order valence-corrected chi connectivity index (χ2v) is 6.60. The van der Waals surface area contributed by atoms with Crippen LogP contribution >= 0.6 is 12.4 Å². The fourth-order valence-corrected chi connectivity index (χ4v) is 3.67. The molecule has 4 heteroatoms. The van der Waals surface area contributed by atoms with Gasteiger partial charge in [0, 0.05) is 18.2 Å². The average molecular weight is 343 g/mol. The molecule has 4 rings (SSSR count). The Labute approximate surface area is 149 Å². The average Bonchev–Trinajstić information content (AvgIpc) is 3.35. The fourth-order valence-electron chi connectivity index (χ4n) is 3.67. The van der Waals surface area contributed by atoms with Gasteiger partial charge in [0.25, 0.3) is 5.91 Å². The van der Waals surface area contributed by atoms with Gasteiger partial charge in [-0.2, -0.15) is 0 Å². The number of nitrogens with two attached hydrogens (primary N) is 1. The van der Waals surface area contributed by atoms with Crippen LogP contribution in [0, 0.1) is 0 Å². The topological polar surface area (TPSA) is 46.3 Å². The number of amides is 1. The smallest absolute Gasteiger partial charge is 0.254 e. The highest BCUT2D eigenvalue weighted by atomic mass is 35.5. The molecule has 0 radical (unpaired) electrons. The summed E-state index contributed by atoms with van der Waals surface area (Å²) < 4.78 is 0. The van der Waals surface area contributed by atoms with Gasteiger partial charge in [-0.05, 0) is 54.5 Å². The summed E-state index contributed by atoms with van der Waals surface area (Å²) in [5.74, 6) is 0.165. The third-order valence-corrected chi connectivity index (χ3v) is 5.05. The van der Waals surface area contributed by atoms with E-state index in [0.717, 1.165) is 36.8 Å². The van der Waals surface area contributed by atoms with Gasteiger partial charge in [-0.1, -0.05) is 36.4 Å². The number of fused-ring (bicyclic) bond motifs is 1. The van der Waals surface area contributed by atoms with E-state index in [0.29, 0.717) is 12.6 Å². The van der Waals surface area contributed by atoms with Gasteiger partial charge < -0.3 is 10.6 Å². The lowest BCUT2D eigenvalue weighted by Gasteiger charge is -2.30. The highest BCUT2D eigenvalue weighted by Gasteiger charge is 2.40. The zero-order valence-electron chi connectivity index (χ0n) is 13.7. The molecule has 0 heterocycles. The number of nitrogens with zero attached hydrogens (tertiary/aromatic N) is 1. The van der Waals surface area contributed by atoms with Crippen molar-refractivity contribution in [3.05, 3.63) is 70.8 Å². The fraction of sp³-hybridized carbons (Fsp3) is 0.350. The van der Waals surface area contributed by atoms with E-state index in [1.54, 1.807) is 0 Å². The van der Waals surface area contributed by atoms with Crippen molar-refractivity contribution >= 4 is 18.3 Å². The van der Waals surface area contributed by atoms with Crippen molar-refractivity contribution in [3.8, 4) is 0 Å². The summed E-state index contributed by atoms with van der Waals surface area (Å²) in [6, 6.07) is 17.0. The first kappa shape index (κ1) is 17.0. The number of halogens is 1. The van der Waals surface area contributed by atoms with E-state index in [1.807, 2.05) is 24.3 Å². The Morgan fingerprint density at radius 1 is 1.04 bits per heavy atom. The number of carbonyl (C=O) groups is 1. The summed E-state index contributed by atoms with van der Waals surface area (Å²) in [7, 11) is 0. The van der Waals surface area contributed by atoms with Crippen LogP contribution < -0.4 is 5.73 Å². The first-order valence-corrected chi connectivity index (χ1v) is 8.47. The van der Waals surface area contributed by atoms with E-state index < -0.39 is 0 Å². The number of carbonyl (C=O) groups excluding carboxylic acids is 1. The predicted molar refractivity (Wildman–Crippen MR) is 98.3 cm³/mol. The molecule has 1 unspecified atom stereocenters. The van der Waals surface area contributed by atoms with Crippen LogP contribution in [0.5, 0.6) is 0 Å². The molecule has 24 heavy (non-hydrogen) atoms. The van der Waals surface area contributed by atoms with Gasteiger partial charge in [0.05, 0.1) is 6.04 Å². The summed E-state index contributed by atoms with van der Waals surface area (Å²) in [4.78, 5) is 15.3. The van der Waals surface area contributed by atoms with E-state index in [2.05, 4.69) is 29.2 Å². The highest BCUT2D eigenvalue weighted by Crippen LogP contribution is 2.42. The monoisotopic (exact) mass is 342 g/mol. The Kier molecular flexibility index (Phi) is 4.93. The molecule has 0 bridgehead atoms. The molecule has 3 nitrogen and oxygen atoms in total. The van der Waals surface area contributed by atoms with Crippen LogP contribution in [0.2, 0.25) is 0 Å². The van der Waals surface area contributed by atoms with Crippen molar-refractivity contribution in [1.29, 1.82) is 0 Å². The summed E-state index contributed by atoms with van der Waals surface area (Å²) in [6.07, 6.45) is 4.38. The molecular weight excluding hydrogens is 320 g/mol. The molecule has 0 spiro atoms. The SMILES string of the molecule is Cl.NCc1ccc(C(=O)N(C2CC2)C2CCc3ccccc32)cc1. The van der Waals surface area contributed by atoms with Crippen LogP contribution in [0.25, 0.3) is 0 Å². The third-order valence-electron chi connectivity index (χ3n) is 5.05. The van der Waals surface area contributed by atoms with Crippen molar-refractivity contribution in [2.75, 3.05) is 0 Å². The van der Waals surface area contributed by atoms with Crippen molar-refractivity contribution in [1.82, 2.24) is 4.90 Å². The second-order valence-electron chi connectivity index (χ2n) is 6.60. The summed E-state index contributed by atoms with van der Waals surface area (Å²) in [6.45, 7) is 0.511. The zero-order valence-corrected chi connectivity index (χ0v) is 14.5. The first-order valence-electron chi connectivity index (χ1n) is 8.47. The Balaban J connectivity index is 0.00000169. The van der Waals surface area contributed by atoms with Crippen molar-refractivity contribution < 1.29 is 4.79 Å². The molecule has 126 valence electrons. The molecule has 2 aliphatic carbocycles. The first-order chi connectivity index (χ1) is 11.3. The third kappa shape index (κ3) is 3.06. The standard InChI is InChI=1S/C20H22N2O.ClH/c21-13-14-5-7-16(8-6-14)20(23)22(17-10-11-17)19-12-9-15-3-1-2-4-18(15)19;/h1-8,17,19H,9-13,21H2;1H. The summed E-state index contributed by atoms with van der Waals surface area (Å²) >= 11 is 0. The van der Waals surface area contributed by atoms with E-state index in [1.165, 1.54) is 11.1 Å². The maximum atomic E-state index is 13.1. The van der Waals surface area contributed by atoms with Crippen LogP contribution in [-0.2, 0) is 13.0 Å². The molecular formula is C20H23ClN2O. The Bertz CT molecular complexity index is 725. The van der Waals surface area contributed by atoms with Crippen LogP contribution in [0.3, 0.4) is 0 Å². The van der Waals surface area contributed by atoms with Crippen molar-refractivity contribution in [2.24, 2.45) is 5.73 Å². The maximum Gasteiger partial charge on any atom is 0.254 e. The molecule has 2 aromatic rings. The van der Waals surface area contributed by atoms with Gasteiger partial charge in [0.15, 0.2) is 0 Å². The van der Waals surface area contributed by atoms with Crippen molar-refractivity contribution in [3.63, 3.8) is 0 Å². The van der Waals surface area contributed by atoms with Crippen LogP contribution in [0.1, 0.15) is 52.4 Å². The number of benzene rings is 2.